The van der Waals surface area contributed by atoms with Gasteiger partial charge in [-0.25, -0.2) is 0 Å². The Labute approximate surface area is 73.2 Å². The van der Waals surface area contributed by atoms with Gasteiger partial charge in [-0.05, 0) is 31.9 Å². The molecule has 1 aromatic carbocycles. The first-order valence-electron chi connectivity index (χ1n) is 3.70. The Morgan fingerprint density at radius 2 is 1.58 bits per heavy atom. The van der Waals surface area contributed by atoms with Gasteiger partial charge in [-0.3, -0.25) is 4.79 Å². The molecule has 0 atom stereocenters. The maximum Gasteiger partial charge on any atom is 0.160 e. The van der Waals surface area contributed by atoms with Crippen LogP contribution in [0.2, 0.25) is 0 Å². The van der Waals surface area contributed by atoms with Crippen molar-refractivity contribution in [3.63, 3.8) is 0 Å². The van der Waals surface area contributed by atoms with E-state index in [-0.39, 0.29) is 11.9 Å². The Morgan fingerprint density at radius 1 is 1.17 bits per heavy atom. The lowest BCUT2D eigenvalue weighted by Gasteiger charge is -2.04. The standard InChI is InChI=1S/C10H12O.H3N/c1-7-5-4-6-8(2)10(7)9(3)11;/h4-6H,1-3H3;1H3. The summed E-state index contributed by atoms with van der Waals surface area (Å²) in [6.07, 6.45) is 0. The van der Waals surface area contributed by atoms with Crippen molar-refractivity contribution in [1.82, 2.24) is 6.15 Å². The number of hydrogen-bond donors (Lipinski definition) is 1. The summed E-state index contributed by atoms with van der Waals surface area (Å²) in [5, 5.41) is 0. The molecular formula is C10H15NO. The number of hydrogen-bond acceptors (Lipinski definition) is 2. The van der Waals surface area contributed by atoms with E-state index in [4.69, 9.17) is 0 Å². The van der Waals surface area contributed by atoms with Crippen LogP contribution in [0, 0.1) is 13.8 Å². The number of carbonyl (C=O) groups is 1. The molecule has 1 aromatic rings. The van der Waals surface area contributed by atoms with Crippen molar-refractivity contribution < 1.29 is 4.79 Å². The van der Waals surface area contributed by atoms with Gasteiger partial charge in [-0.15, -0.1) is 0 Å². The van der Waals surface area contributed by atoms with Crippen molar-refractivity contribution in [3.05, 3.63) is 34.9 Å². The van der Waals surface area contributed by atoms with Crippen molar-refractivity contribution >= 4 is 5.78 Å². The van der Waals surface area contributed by atoms with Gasteiger partial charge in [0.05, 0.1) is 0 Å². The van der Waals surface area contributed by atoms with E-state index < -0.39 is 0 Å². The molecule has 12 heavy (non-hydrogen) atoms. The smallest absolute Gasteiger partial charge is 0.160 e. The van der Waals surface area contributed by atoms with Crippen LogP contribution >= 0.6 is 0 Å². The summed E-state index contributed by atoms with van der Waals surface area (Å²) in [4.78, 5) is 11.1. The van der Waals surface area contributed by atoms with Crippen LogP contribution in [0.1, 0.15) is 28.4 Å². The summed E-state index contributed by atoms with van der Waals surface area (Å²) in [6, 6.07) is 5.89. The molecule has 0 amide bonds. The maximum atomic E-state index is 11.1. The molecule has 66 valence electrons. The Balaban J connectivity index is 0.00000121. The highest BCUT2D eigenvalue weighted by Gasteiger charge is 2.05. The van der Waals surface area contributed by atoms with Crippen LogP contribution in [0.4, 0.5) is 0 Å². The summed E-state index contributed by atoms with van der Waals surface area (Å²) in [7, 11) is 0. The van der Waals surface area contributed by atoms with Gasteiger partial charge >= 0.3 is 0 Å². The van der Waals surface area contributed by atoms with Gasteiger partial charge in [0.25, 0.3) is 0 Å². The lowest BCUT2D eigenvalue weighted by Crippen LogP contribution is -1.98. The molecule has 0 unspecified atom stereocenters. The molecule has 0 aliphatic rings. The van der Waals surface area contributed by atoms with E-state index in [1.54, 1.807) is 6.92 Å². The Morgan fingerprint density at radius 3 is 1.83 bits per heavy atom. The van der Waals surface area contributed by atoms with Gasteiger partial charge in [0.2, 0.25) is 0 Å². The van der Waals surface area contributed by atoms with E-state index in [0.29, 0.717) is 0 Å². The lowest BCUT2D eigenvalue weighted by molar-refractivity contribution is 0.101. The highest BCUT2D eigenvalue weighted by molar-refractivity contribution is 5.96. The molecule has 0 bridgehead atoms. The second-order valence-electron chi connectivity index (χ2n) is 2.82. The zero-order valence-electron chi connectivity index (χ0n) is 7.85. The summed E-state index contributed by atoms with van der Waals surface area (Å²) in [6.45, 7) is 5.53. The zero-order chi connectivity index (χ0) is 8.43. The van der Waals surface area contributed by atoms with E-state index in [1.165, 1.54) is 0 Å². The Bertz CT molecular complexity index is 272. The molecule has 0 aliphatic carbocycles. The summed E-state index contributed by atoms with van der Waals surface area (Å²) < 4.78 is 0. The number of Topliss-reactive ketones (excluding diaryl/α,β-unsaturated/α-hetero) is 1. The highest BCUT2D eigenvalue weighted by Crippen LogP contribution is 2.12. The summed E-state index contributed by atoms with van der Waals surface area (Å²) in [5.74, 6) is 0.153. The van der Waals surface area contributed by atoms with Crippen LogP contribution in [-0.2, 0) is 0 Å². The summed E-state index contributed by atoms with van der Waals surface area (Å²) in [5.41, 5.74) is 3.00. The van der Waals surface area contributed by atoms with Gasteiger partial charge in [0.1, 0.15) is 0 Å². The number of benzene rings is 1. The number of ketones is 1. The van der Waals surface area contributed by atoms with Crippen molar-refractivity contribution in [2.75, 3.05) is 0 Å². The minimum absolute atomic E-state index is 0. The quantitative estimate of drug-likeness (QED) is 0.650. The molecule has 3 N–H and O–H groups in total. The van der Waals surface area contributed by atoms with E-state index in [9.17, 15) is 4.79 Å². The molecule has 1 rings (SSSR count). The van der Waals surface area contributed by atoms with Gasteiger partial charge < -0.3 is 6.15 Å². The Hall–Kier alpha value is -1.15. The molecule has 0 saturated carbocycles. The highest BCUT2D eigenvalue weighted by atomic mass is 16.1. The SMILES string of the molecule is CC(=O)c1c(C)cccc1C.N. The molecular weight excluding hydrogens is 150 g/mol. The van der Waals surface area contributed by atoms with Crippen molar-refractivity contribution in [2.45, 2.75) is 20.8 Å². The van der Waals surface area contributed by atoms with Gasteiger partial charge in [0.15, 0.2) is 5.78 Å². The van der Waals surface area contributed by atoms with Crippen LogP contribution < -0.4 is 6.15 Å². The van der Waals surface area contributed by atoms with Crippen molar-refractivity contribution in [2.24, 2.45) is 0 Å². The van der Waals surface area contributed by atoms with Gasteiger partial charge in [-0.1, -0.05) is 18.2 Å². The lowest BCUT2D eigenvalue weighted by atomic mass is 10.0. The molecule has 0 saturated heterocycles. The average molecular weight is 165 g/mol. The fourth-order valence-electron chi connectivity index (χ4n) is 1.37. The first kappa shape index (κ1) is 10.8. The van der Waals surface area contributed by atoms with Crippen molar-refractivity contribution in [1.29, 1.82) is 0 Å². The normalized spacial score (nSPS) is 8.92. The molecule has 0 fully saturated rings. The third-order valence-corrected chi connectivity index (χ3v) is 1.83. The molecule has 0 aromatic heterocycles. The first-order chi connectivity index (χ1) is 5.13. The van der Waals surface area contributed by atoms with Gasteiger partial charge in [0, 0.05) is 5.56 Å². The molecule has 2 heteroatoms. The van der Waals surface area contributed by atoms with E-state index in [0.717, 1.165) is 16.7 Å². The van der Waals surface area contributed by atoms with Crippen LogP contribution in [0.3, 0.4) is 0 Å². The average Bonchev–Trinajstić information content (AvgIpc) is 1.85. The molecule has 0 heterocycles. The number of rotatable bonds is 1. The zero-order valence-corrected chi connectivity index (χ0v) is 7.85. The second-order valence-corrected chi connectivity index (χ2v) is 2.82. The Kier molecular flexibility index (Phi) is 3.64. The first-order valence-corrected chi connectivity index (χ1v) is 3.70. The molecule has 2 nitrogen and oxygen atoms in total. The van der Waals surface area contributed by atoms with E-state index in [2.05, 4.69) is 0 Å². The molecule has 0 radical (unpaired) electrons. The minimum atomic E-state index is 0. The fourth-order valence-corrected chi connectivity index (χ4v) is 1.37. The second kappa shape index (κ2) is 4.02. The molecule has 0 aliphatic heterocycles. The topological polar surface area (TPSA) is 52.1 Å². The number of carbonyl (C=O) groups excluding carboxylic acids is 1. The van der Waals surface area contributed by atoms with Crippen LogP contribution in [0.25, 0.3) is 0 Å². The third-order valence-electron chi connectivity index (χ3n) is 1.83. The van der Waals surface area contributed by atoms with E-state index in [1.807, 2.05) is 32.0 Å². The van der Waals surface area contributed by atoms with Crippen molar-refractivity contribution in [3.8, 4) is 0 Å². The fraction of sp³-hybridized carbons (Fsp3) is 0.300. The predicted octanol–water partition coefficient (Wildman–Crippen LogP) is 2.67. The number of aryl methyl sites for hydroxylation is 2. The van der Waals surface area contributed by atoms with E-state index >= 15 is 0 Å². The minimum Gasteiger partial charge on any atom is -0.344 e. The summed E-state index contributed by atoms with van der Waals surface area (Å²) >= 11 is 0. The maximum absolute atomic E-state index is 11.1. The van der Waals surface area contributed by atoms with Crippen LogP contribution in [0.5, 0.6) is 0 Å². The van der Waals surface area contributed by atoms with Crippen LogP contribution in [-0.4, -0.2) is 5.78 Å². The largest absolute Gasteiger partial charge is 0.344 e. The molecule has 0 spiro atoms. The van der Waals surface area contributed by atoms with Crippen LogP contribution in [0.15, 0.2) is 18.2 Å². The third kappa shape index (κ3) is 1.92. The monoisotopic (exact) mass is 165 g/mol. The van der Waals surface area contributed by atoms with Gasteiger partial charge in [-0.2, -0.15) is 0 Å². The predicted molar refractivity (Wildman–Crippen MR) is 50.9 cm³/mol.